The van der Waals surface area contributed by atoms with Crippen molar-refractivity contribution < 1.29 is 37.6 Å². The van der Waals surface area contributed by atoms with Gasteiger partial charge in [0.2, 0.25) is 0 Å². The van der Waals surface area contributed by atoms with Gasteiger partial charge in [-0.05, 0) is 103 Å². The summed E-state index contributed by atoms with van der Waals surface area (Å²) in [6.45, 7) is 3.51. The number of carbonyl (C=O) groups is 2. The van der Waals surface area contributed by atoms with E-state index in [1.54, 1.807) is 0 Å². The van der Waals surface area contributed by atoms with Crippen LogP contribution in [0.5, 0.6) is 0 Å². The van der Waals surface area contributed by atoms with Gasteiger partial charge in [0.15, 0.2) is 6.10 Å². The number of rotatable bonds is 55. The Kier molecular flexibility index (Phi) is 56.8. The molecule has 0 aliphatic rings. The summed E-state index contributed by atoms with van der Waals surface area (Å²) in [5, 5.41) is 0. The third-order valence-corrected chi connectivity index (χ3v) is 13.3. The first-order valence-corrected chi connectivity index (χ1v) is 31.5. The molecule has 3 N–H and O–H groups in total. The van der Waals surface area contributed by atoms with Crippen molar-refractivity contribution >= 4 is 19.8 Å². The highest BCUT2D eigenvalue weighted by Gasteiger charge is 2.26. The lowest BCUT2D eigenvalue weighted by Crippen LogP contribution is -2.29. The Morgan fingerprint density at radius 1 is 0.400 bits per heavy atom. The van der Waals surface area contributed by atoms with E-state index in [4.69, 9.17) is 24.3 Å². The van der Waals surface area contributed by atoms with Crippen LogP contribution in [0, 0.1) is 0 Å². The number of ether oxygens (including phenoxy) is 2. The van der Waals surface area contributed by atoms with E-state index in [9.17, 15) is 19.0 Å². The lowest BCUT2D eigenvalue weighted by Gasteiger charge is -2.19. The van der Waals surface area contributed by atoms with Crippen LogP contribution in [0.4, 0.5) is 0 Å². The molecule has 0 aromatic rings. The average molecular weight is 1060 g/mol. The highest BCUT2D eigenvalue weighted by atomic mass is 31.2. The Balaban J connectivity index is 3.99. The molecule has 0 aromatic carbocycles. The molecular weight excluding hydrogens is 954 g/mol. The van der Waals surface area contributed by atoms with E-state index in [2.05, 4.69) is 135 Å². The topological polar surface area (TPSA) is 134 Å². The number of nitrogens with two attached hydrogens (primary N) is 1. The molecule has 9 nitrogen and oxygen atoms in total. The Morgan fingerprint density at radius 3 is 1.03 bits per heavy atom. The van der Waals surface area contributed by atoms with E-state index in [-0.39, 0.29) is 38.6 Å². The molecule has 0 fully saturated rings. The first-order chi connectivity index (χ1) is 36.8. The van der Waals surface area contributed by atoms with E-state index < -0.39 is 26.5 Å². The molecule has 0 amide bonds. The summed E-state index contributed by atoms with van der Waals surface area (Å²) < 4.78 is 33.1. The monoisotopic (exact) mass is 1060 g/mol. The van der Waals surface area contributed by atoms with Gasteiger partial charge in [0, 0.05) is 19.4 Å². The first kappa shape index (κ1) is 71.4. The Bertz CT molecular complexity index is 1640. The molecule has 0 spiro atoms. The Morgan fingerprint density at radius 2 is 0.693 bits per heavy atom. The Hall–Kier alpha value is -3.59. The normalized spacial score (nSPS) is 13.9. The summed E-state index contributed by atoms with van der Waals surface area (Å²) in [5.74, 6) is -0.838. The molecule has 0 aliphatic carbocycles. The van der Waals surface area contributed by atoms with Crippen LogP contribution in [0.15, 0.2) is 122 Å². The summed E-state index contributed by atoms with van der Waals surface area (Å²) in [7, 11) is -4.40. The number of unbranched alkanes of at least 4 members (excludes halogenated alkanes) is 22. The smallest absolute Gasteiger partial charge is 0.462 e. The molecule has 10 heteroatoms. The largest absolute Gasteiger partial charge is 0.472 e. The van der Waals surface area contributed by atoms with E-state index in [0.29, 0.717) is 6.42 Å². The van der Waals surface area contributed by atoms with Crippen molar-refractivity contribution in [1.82, 2.24) is 0 Å². The summed E-state index contributed by atoms with van der Waals surface area (Å²) in [6.07, 6.45) is 82.5. The molecule has 428 valence electrons. The van der Waals surface area contributed by atoms with E-state index in [0.717, 1.165) is 116 Å². The van der Waals surface area contributed by atoms with Gasteiger partial charge in [0.05, 0.1) is 13.2 Å². The first-order valence-electron chi connectivity index (χ1n) is 30.0. The fourth-order valence-electron chi connectivity index (χ4n) is 7.98. The minimum absolute atomic E-state index is 0.0471. The quantitative estimate of drug-likeness (QED) is 0.0264. The predicted octanol–water partition coefficient (Wildman–Crippen LogP) is 19.2. The van der Waals surface area contributed by atoms with E-state index in [1.807, 2.05) is 0 Å². The molecule has 0 bridgehead atoms. The van der Waals surface area contributed by atoms with Crippen molar-refractivity contribution in [2.45, 2.75) is 251 Å². The summed E-state index contributed by atoms with van der Waals surface area (Å²) in [5.41, 5.74) is 5.39. The van der Waals surface area contributed by atoms with Gasteiger partial charge in [-0.3, -0.25) is 18.6 Å². The second-order valence-electron chi connectivity index (χ2n) is 19.5. The van der Waals surface area contributed by atoms with E-state index in [1.165, 1.54) is 96.3 Å². The van der Waals surface area contributed by atoms with Gasteiger partial charge in [-0.1, -0.05) is 251 Å². The van der Waals surface area contributed by atoms with Gasteiger partial charge >= 0.3 is 19.8 Å². The number of allylic oxidation sites excluding steroid dienone is 20. The molecule has 0 aliphatic heterocycles. The number of hydrogen-bond acceptors (Lipinski definition) is 8. The zero-order chi connectivity index (χ0) is 54.5. The van der Waals surface area contributed by atoms with Crippen molar-refractivity contribution in [2.75, 3.05) is 26.4 Å². The van der Waals surface area contributed by atoms with Crippen LogP contribution >= 0.6 is 7.82 Å². The van der Waals surface area contributed by atoms with Crippen LogP contribution in [0.25, 0.3) is 0 Å². The number of phosphoric acid groups is 1. The maximum atomic E-state index is 12.7. The predicted molar refractivity (Wildman–Crippen MR) is 321 cm³/mol. The fourth-order valence-corrected chi connectivity index (χ4v) is 8.75. The minimum atomic E-state index is -4.40. The molecular formula is C65H110NO8P. The molecule has 2 atom stereocenters. The van der Waals surface area contributed by atoms with Crippen LogP contribution in [-0.4, -0.2) is 49.3 Å². The number of hydrogen-bond donors (Lipinski definition) is 2. The van der Waals surface area contributed by atoms with Gasteiger partial charge in [0.25, 0.3) is 0 Å². The van der Waals surface area contributed by atoms with Crippen LogP contribution in [-0.2, 0) is 32.7 Å². The SMILES string of the molecule is CC/C=C\C/C=C\C/C=C\C/C=C\C/C=C\C/C=C\CCCCCCCCCCCCCCC(=O)OC(COC(=O)CCCCCCCCCCCC/C=C\C/C=C\C/C=C\C/C=C\CC)COP(=O)(O)OCCN. The maximum Gasteiger partial charge on any atom is 0.472 e. The van der Waals surface area contributed by atoms with Gasteiger partial charge in [-0.2, -0.15) is 0 Å². The summed E-state index contributed by atoms with van der Waals surface area (Å²) in [4.78, 5) is 35.2. The van der Waals surface area contributed by atoms with Gasteiger partial charge < -0.3 is 20.1 Å². The lowest BCUT2D eigenvalue weighted by molar-refractivity contribution is -0.161. The highest BCUT2D eigenvalue weighted by molar-refractivity contribution is 7.47. The summed E-state index contributed by atoms with van der Waals surface area (Å²) in [6, 6.07) is 0. The van der Waals surface area contributed by atoms with Crippen molar-refractivity contribution in [3.8, 4) is 0 Å². The van der Waals surface area contributed by atoms with Crippen molar-refractivity contribution in [2.24, 2.45) is 5.73 Å². The molecule has 0 heterocycles. The zero-order valence-corrected chi connectivity index (χ0v) is 48.6. The molecule has 0 saturated carbocycles. The van der Waals surface area contributed by atoms with Gasteiger partial charge in [-0.25, -0.2) is 4.57 Å². The van der Waals surface area contributed by atoms with E-state index >= 15 is 0 Å². The third-order valence-electron chi connectivity index (χ3n) is 12.3. The van der Waals surface area contributed by atoms with Gasteiger partial charge in [-0.15, -0.1) is 0 Å². The number of carbonyl (C=O) groups excluding carboxylic acids is 2. The summed E-state index contributed by atoms with van der Waals surface area (Å²) >= 11 is 0. The second kappa shape index (κ2) is 59.7. The van der Waals surface area contributed by atoms with Crippen molar-refractivity contribution in [3.05, 3.63) is 122 Å². The molecule has 0 saturated heterocycles. The standard InChI is InChI=1S/C65H110NO8P/c1-3-5-7-9-11-13-15-17-19-21-23-25-27-28-29-30-31-32-33-34-36-38-40-42-44-46-48-50-52-54-56-58-65(68)74-63(62-73-75(69,70)72-60-59-66)61-71-64(67)57-55-53-51-49-47-45-43-41-39-37-35-26-24-22-20-18-16-14-12-10-8-6-4-2/h5-8,11-14,17-20,23-26,28-29,31-32,63H,3-4,9-10,15-16,21-22,27,30,33-62,66H2,1-2H3,(H,69,70)/b7-5-,8-6-,13-11-,14-12-,19-17-,20-18-,25-23-,26-24-,29-28-,32-31-. The third kappa shape index (κ3) is 59.5. The van der Waals surface area contributed by atoms with Crippen LogP contribution in [0.3, 0.4) is 0 Å². The zero-order valence-electron chi connectivity index (χ0n) is 47.7. The molecule has 0 aromatic heterocycles. The molecule has 0 radical (unpaired) electrons. The maximum absolute atomic E-state index is 12.7. The average Bonchev–Trinajstić information content (AvgIpc) is 3.40. The van der Waals surface area contributed by atoms with Crippen LogP contribution in [0.2, 0.25) is 0 Å². The lowest BCUT2D eigenvalue weighted by atomic mass is 10.0. The van der Waals surface area contributed by atoms with Gasteiger partial charge in [0.1, 0.15) is 6.61 Å². The fraction of sp³-hybridized carbons (Fsp3) is 0.662. The number of phosphoric ester groups is 1. The number of esters is 2. The van der Waals surface area contributed by atoms with Crippen LogP contribution < -0.4 is 5.73 Å². The highest BCUT2D eigenvalue weighted by Crippen LogP contribution is 2.43. The van der Waals surface area contributed by atoms with Crippen molar-refractivity contribution in [1.29, 1.82) is 0 Å². The Labute approximate surface area is 460 Å². The molecule has 2 unspecified atom stereocenters. The second-order valence-corrected chi connectivity index (χ2v) is 20.9. The molecule has 75 heavy (non-hydrogen) atoms. The molecule has 0 rings (SSSR count). The minimum Gasteiger partial charge on any atom is -0.462 e. The van der Waals surface area contributed by atoms with Crippen LogP contribution in [0.1, 0.15) is 245 Å². The van der Waals surface area contributed by atoms with Crippen molar-refractivity contribution in [3.63, 3.8) is 0 Å².